The number of nitrogens with two attached hydrogens (primary N) is 1. The lowest BCUT2D eigenvalue weighted by Crippen LogP contribution is -2.38. The molecular weight excluding hydrogens is 369 g/mol. The number of anilines is 1. The molecule has 0 spiro atoms. The highest BCUT2D eigenvalue weighted by Gasteiger charge is 2.18. The van der Waals surface area contributed by atoms with Crippen molar-refractivity contribution in [2.75, 3.05) is 12.3 Å². The molecular formula is C14H18IN3O2. The molecule has 3 N–H and O–H groups in total. The SMILES string of the molecule is CC(C)CNC(=O)C(C)Oc1c(N)cc(C#N)cc1I. The number of halogens is 1. The van der Waals surface area contributed by atoms with Gasteiger partial charge in [-0.1, -0.05) is 13.8 Å². The molecule has 1 atom stereocenters. The summed E-state index contributed by atoms with van der Waals surface area (Å²) in [6.07, 6.45) is -0.641. The highest BCUT2D eigenvalue weighted by atomic mass is 127. The molecule has 1 amide bonds. The van der Waals surface area contributed by atoms with Gasteiger partial charge in [0.2, 0.25) is 0 Å². The molecule has 1 unspecified atom stereocenters. The molecule has 6 heteroatoms. The average molecular weight is 387 g/mol. The summed E-state index contributed by atoms with van der Waals surface area (Å²) < 4.78 is 6.33. The maximum Gasteiger partial charge on any atom is 0.260 e. The fourth-order valence-corrected chi connectivity index (χ4v) is 2.26. The zero-order chi connectivity index (χ0) is 15.3. The summed E-state index contributed by atoms with van der Waals surface area (Å²) in [4.78, 5) is 11.9. The van der Waals surface area contributed by atoms with Gasteiger partial charge in [0.15, 0.2) is 11.9 Å². The normalized spacial score (nSPS) is 11.8. The van der Waals surface area contributed by atoms with Crippen molar-refractivity contribution in [2.24, 2.45) is 5.92 Å². The molecule has 1 aromatic carbocycles. The Morgan fingerprint density at radius 1 is 1.50 bits per heavy atom. The first kappa shape index (κ1) is 16.6. The Bertz CT molecular complexity index is 515. The van der Waals surface area contributed by atoms with E-state index in [2.05, 4.69) is 5.32 Å². The minimum absolute atomic E-state index is 0.182. The minimum atomic E-state index is -0.641. The van der Waals surface area contributed by atoms with Crippen LogP contribution in [0.3, 0.4) is 0 Å². The molecule has 108 valence electrons. The van der Waals surface area contributed by atoms with Crippen LogP contribution in [0.5, 0.6) is 5.75 Å². The summed E-state index contributed by atoms with van der Waals surface area (Å²) in [5.74, 6) is 0.640. The summed E-state index contributed by atoms with van der Waals surface area (Å²) in [6.45, 7) is 6.32. The number of nitrogens with zero attached hydrogens (tertiary/aromatic N) is 1. The predicted molar refractivity (Wildman–Crippen MR) is 86.2 cm³/mol. The van der Waals surface area contributed by atoms with Crippen LogP contribution in [0.4, 0.5) is 5.69 Å². The third-order valence-corrected chi connectivity index (χ3v) is 3.35. The second-order valence-corrected chi connectivity index (χ2v) is 6.05. The van der Waals surface area contributed by atoms with Gasteiger partial charge in [0, 0.05) is 6.54 Å². The van der Waals surface area contributed by atoms with Crippen LogP contribution in [0.1, 0.15) is 26.3 Å². The van der Waals surface area contributed by atoms with E-state index in [4.69, 9.17) is 15.7 Å². The highest BCUT2D eigenvalue weighted by Crippen LogP contribution is 2.30. The van der Waals surface area contributed by atoms with Crippen LogP contribution in [0.15, 0.2) is 12.1 Å². The average Bonchev–Trinajstić information content (AvgIpc) is 2.39. The number of nitriles is 1. The number of ether oxygens (including phenoxy) is 1. The lowest BCUT2D eigenvalue weighted by Gasteiger charge is -2.18. The van der Waals surface area contributed by atoms with E-state index in [1.54, 1.807) is 13.0 Å². The van der Waals surface area contributed by atoms with E-state index in [0.29, 0.717) is 33.0 Å². The van der Waals surface area contributed by atoms with Crippen molar-refractivity contribution in [3.05, 3.63) is 21.3 Å². The number of carbonyl (C=O) groups excluding carboxylic acids is 1. The fourth-order valence-electron chi connectivity index (χ4n) is 1.48. The minimum Gasteiger partial charge on any atom is -0.478 e. The van der Waals surface area contributed by atoms with Crippen molar-refractivity contribution in [1.29, 1.82) is 5.26 Å². The van der Waals surface area contributed by atoms with E-state index >= 15 is 0 Å². The highest BCUT2D eigenvalue weighted by molar-refractivity contribution is 14.1. The van der Waals surface area contributed by atoms with Gasteiger partial charge in [0.25, 0.3) is 5.91 Å². The summed E-state index contributed by atoms with van der Waals surface area (Å²) in [7, 11) is 0. The van der Waals surface area contributed by atoms with Crippen LogP contribution in [0, 0.1) is 20.8 Å². The first-order chi connectivity index (χ1) is 9.35. The molecule has 0 heterocycles. The number of carbonyl (C=O) groups is 1. The number of nitrogens with one attached hydrogen (secondary N) is 1. The first-order valence-corrected chi connectivity index (χ1v) is 7.36. The molecule has 0 saturated carbocycles. The molecule has 5 nitrogen and oxygen atoms in total. The number of hydrogen-bond donors (Lipinski definition) is 2. The number of benzene rings is 1. The van der Waals surface area contributed by atoms with E-state index in [1.807, 2.05) is 42.5 Å². The molecule has 0 aliphatic heterocycles. The van der Waals surface area contributed by atoms with Crippen LogP contribution in [0.2, 0.25) is 0 Å². The Kier molecular flexibility index (Phi) is 6.07. The Labute approximate surface area is 132 Å². The number of rotatable bonds is 5. The largest absolute Gasteiger partial charge is 0.478 e. The van der Waals surface area contributed by atoms with E-state index in [1.165, 1.54) is 6.07 Å². The van der Waals surface area contributed by atoms with Gasteiger partial charge in [-0.15, -0.1) is 0 Å². The Hall–Kier alpha value is -1.49. The van der Waals surface area contributed by atoms with Gasteiger partial charge in [-0.3, -0.25) is 4.79 Å². The molecule has 0 aliphatic carbocycles. The summed E-state index contributed by atoms with van der Waals surface area (Å²) >= 11 is 2.04. The van der Waals surface area contributed by atoms with Gasteiger partial charge in [0.05, 0.1) is 20.9 Å². The van der Waals surface area contributed by atoms with Crippen LogP contribution in [0.25, 0.3) is 0 Å². The van der Waals surface area contributed by atoms with Gasteiger partial charge in [0.1, 0.15) is 0 Å². The zero-order valence-electron chi connectivity index (χ0n) is 11.7. The van der Waals surface area contributed by atoms with Gasteiger partial charge < -0.3 is 15.8 Å². The standard InChI is InChI=1S/C14H18IN3O2/c1-8(2)7-18-14(19)9(3)20-13-11(15)4-10(6-16)5-12(13)17/h4-5,8-9H,7,17H2,1-3H3,(H,18,19). The molecule has 1 rings (SSSR count). The van der Waals surface area contributed by atoms with Gasteiger partial charge >= 0.3 is 0 Å². The molecule has 0 radical (unpaired) electrons. The smallest absolute Gasteiger partial charge is 0.260 e. The monoisotopic (exact) mass is 387 g/mol. The number of nitrogen functional groups attached to an aromatic ring is 1. The Morgan fingerprint density at radius 3 is 2.65 bits per heavy atom. The Balaban J connectivity index is 2.78. The number of hydrogen-bond acceptors (Lipinski definition) is 4. The molecule has 1 aromatic rings. The van der Waals surface area contributed by atoms with Crippen molar-refractivity contribution in [2.45, 2.75) is 26.9 Å². The van der Waals surface area contributed by atoms with Crippen LogP contribution >= 0.6 is 22.6 Å². The van der Waals surface area contributed by atoms with Crippen molar-refractivity contribution in [1.82, 2.24) is 5.32 Å². The van der Waals surface area contributed by atoms with E-state index in [9.17, 15) is 4.79 Å². The summed E-state index contributed by atoms with van der Waals surface area (Å²) in [5.41, 5.74) is 6.68. The Morgan fingerprint density at radius 2 is 2.15 bits per heavy atom. The maximum atomic E-state index is 11.9. The molecule has 0 aromatic heterocycles. The molecule has 0 bridgehead atoms. The maximum absolute atomic E-state index is 11.9. The predicted octanol–water partition coefficient (Wildman–Crippen LogP) is 2.28. The zero-order valence-corrected chi connectivity index (χ0v) is 13.9. The first-order valence-electron chi connectivity index (χ1n) is 6.28. The lowest BCUT2D eigenvalue weighted by molar-refractivity contribution is -0.127. The number of amides is 1. The third-order valence-electron chi connectivity index (χ3n) is 2.55. The van der Waals surface area contributed by atoms with E-state index in [0.717, 1.165) is 0 Å². The van der Waals surface area contributed by atoms with Crippen molar-refractivity contribution < 1.29 is 9.53 Å². The van der Waals surface area contributed by atoms with Crippen molar-refractivity contribution >= 4 is 34.2 Å². The van der Waals surface area contributed by atoms with E-state index in [-0.39, 0.29) is 5.91 Å². The second kappa shape index (κ2) is 7.33. The van der Waals surface area contributed by atoms with Crippen molar-refractivity contribution in [3.63, 3.8) is 0 Å². The van der Waals surface area contributed by atoms with Crippen LogP contribution in [-0.4, -0.2) is 18.6 Å². The van der Waals surface area contributed by atoms with Gasteiger partial charge in [-0.25, -0.2) is 0 Å². The lowest BCUT2D eigenvalue weighted by atomic mass is 10.2. The molecule has 0 fully saturated rings. The van der Waals surface area contributed by atoms with Crippen LogP contribution in [-0.2, 0) is 4.79 Å². The molecule has 20 heavy (non-hydrogen) atoms. The van der Waals surface area contributed by atoms with E-state index < -0.39 is 6.10 Å². The third kappa shape index (κ3) is 4.56. The van der Waals surface area contributed by atoms with Crippen molar-refractivity contribution in [3.8, 4) is 11.8 Å². The molecule has 0 aliphatic rings. The fraction of sp³-hybridized carbons (Fsp3) is 0.429. The van der Waals surface area contributed by atoms with Crippen LogP contribution < -0.4 is 15.8 Å². The van der Waals surface area contributed by atoms with Gasteiger partial charge in [-0.05, 0) is 47.6 Å². The molecule has 0 saturated heterocycles. The second-order valence-electron chi connectivity index (χ2n) is 4.89. The summed E-state index contributed by atoms with van der Waals surface area (Å²) in [6, 6.07) is 5.23. The topological polar surface area (TPSA) is 88.1 Å². The quantitative estimate of drug-likeness (QED) is 0.600. The van der Waals surface area contributed by atoms with Gasteiger partial charge in [-0.2, -0.15) is 5.26 Å². The summed E-state index contributed by atoms with van der Waals surface area (Å²) in [5, 5.41) is 11.7.